The molecule has 2 rings (SSSR count). The van der Waals surface area contributed by atoms with E-state index in [-0.39, 0.29) is 11.8 Å². The Morgan fingerprint density at radius 1 is 1.15 bits per heavy atom. The van der Waals surface area contributed by atoms with Crippen molar-refractivity contribution >= 4 is 34.8 Å². The van der Waals surface area contributed by atoms with Crippen molar-refractivity contribution in [3.63, 3.8) is 0 Å². The van der Waals surface area contributed by atoms with Crippen molar-refractivity contribution in [3.8, 4) is 5.75 Å². The Bertz CT molecular complexity index is 602. The molecule has 0 aliphatic heterocycles. The number of ether oxygens (including phenoxy) is 1. The summed E-state index contributed by atoms with van der Waals surface area (Å²) in [6, 6.07) is 14.6. The Kier molecular flexibility index (Phi) is 5.27. The fourth-order valence-corrected chi connectivity index (χ4v) is 1.89. The standard InChI is InChI=1S/C15H13Cl2NO2/c16-9-15(19)18-12-5-3-6-13(8-12)20-10-11-4-1-2-7-14(11)17/h1-8H,9-10H2,(H,18,19). The zero-order chi connectivity index (χ0) is 14.4. The molecule has 3 nitrogen and oxygen atoms in total. The second kappa shape index (κ2) is 7.17. The highest BCUT2D eigenvalue weighted by molar-refractivity contribution is 6.31. The summed E-state index contributed by atoms with van der Waals surface area (Å²) < 4.78 is 5.66. The Balaban J connectivity index is 2.01. The monoisotopic (exact) mass is 309 g/mol. The molecule has 5 heteroatoms. The van der Waals surface area contributed by atoms with E-state index < -0.39 is 0 Å². The van der Waals surface area contributed by atoms with Crippen LogP contribution in [0.2, 0.25) is 5.02 Å². The number of alkyl halides is 1. The number of nitrogens with one attached hydrogen (secondary N) is 1. The van der Waals surface area contributed by atoms with Gasteiger partial charge in [-0.2, -0.15) is 0 Å². The van der Waals surface area contributed by atoms with Gasteiger partial charge in [-0.05, 0) is 18.2 Å². The molecule has 0 saturated carbocycles. The third-order valence-corrected chi connectivity index (χ3v) is 3.20. The van der Waals surface area contributed by atoms with Crippen molar-refractivity contribution in [3.05, 3.63) is 59.1 Å². The molecular formula is C15H13Cl2NO2. The number of rotatable bonds is 5. The van der Waals surface area contributed by atoms with Crippen LogP contribution >= 0.6 is 23.2 Å². The van der Waals surface area contributed by atoms with Crippen molar-refractivity contribution in [2.24, 2.45) is 0 Å². The van der Waals surface area contributed by atoms with Crippen molar-refractivity contribution in [1.29, 1.82) is 0 Å². The minimum absolute atomic E-state index is 0.0787. The van der Waals surface area contributed by atoms with E-state index in [2.05, 4.69) is 5.32 Å². The summed E-state index contributed by atoms with van der Waals surface area (Å²) in [5, 5.41) is 3.33. The summed E-state index contributed by atoms with van der Waals surface area (Å²) in [5.41, 5.74) is 1.55. The van der Waals surface area contributed by atoms with Crippen molar-refractivity contribution in [1.82, 2.24) is 0 Å². The molecule has 0 saturated heterocycles. The Morgan fingerprint density at radius 3 is 2.70 bits per heavy atom. The van der Waals surface area contributed by atoms with E-state index in [4.69, 9.17) is 27.9 Å². The summed E-state index contributed by atoms with van der Waals surface area (Å²) in [6.07, 6.45) is 0. The third kappa shape index (κ3) is 4.15. The zero-order valence-electron chi connectivity index (χ0n) is 10.6. The average molecular weight is 310 g/mol. The van der Waals surface area contributed by atoms with Gasteiger partial charge in [-0.3, -0.25) is 4.79 Å². The Morgan fingerprint density at radius 2 is 1.95 bits per heavy atom. The molecule has 0 bridgehead atoms. The van der Waals surface area contributed by atoms with E-state index in [9.17, 15) is 4.79 Å². The van der Waals surface area contributed by atoms with Crippen LogP contribution in [0.3, 0.4) is 0 Å². The van der Waals surface area contributed by atoms with Gasteiger partial charge in [0.25, 0.3) is 0 Å². The molecule has 1 N–H and O–H groups in total. The second-order valence-corrected chi connectivity index (χ2v) is 4.76. The highest BCUT2D eigenvalue weighted by Gasteiger charge is 2.03. The lowest BCUT2D eigenvalue weighted by Gasteiger charge is -2.09. The molecule has 0 spiro atoms. The topological polar surface area (TPSA) is 38.3 Å². The maximum absolute atomic E-state index is 11.2. The number of anilines is 1. The summed E-state index contributed by atoms with van der Waals surface area (Å²) in [7, 11) is 0. The number of halogens is 2. The molecule has 0 aliphatic carbocycles. The molecule has 0 radical (unpaired) electrons. The highest BCUT2D eigenvalue weighted by Crippen LogP contribution is 2.21. The highest BCUT2D eigenvalue weighted by atomic mass is 35.5. The molecule has 0 aromatic heterocycles. The summed E-state index contributed by atoms with van der Waals surface area (Å²) in [6.45, 7) is 0.368. The molecular weight excluding hydrogens is 297 g/mol. The van der Waals surface area contributed by atoms with E-state index in [1.807, 2.05) is 30.3 Å². The maximum Gasteiger partial charge on any atom is 0.239 e. The van der Waals surface area contributed by atoms with Crippen molar-refractivity contribution in [2.45, 2.75) is 6.61 Å². The van der Waals surface area contributed by atoms with Crippen molar-refractivity contribution in [2.75, 3.05) is 11.2 Å². The predicted octanol–water partition coefficient (Wildman–Crippen LogP) is 4.10. The molecule has 2 aromatic rings. The van der Waals surface area contributed by atoms with Gasteiger partial charge in [-0.1, -0.05) is 35.9 Å². The molecule has 0 heterocycles. The average Bonchev–Trinajstić information content (AvgIpc) is 2.47. The van der Waals surface area contributed by atoms with E-state index in [0.29, 0.717) is 23.1 Å². The number of amides is 1. The largest absolute Gasteiger partial charge is 0.489 e. The lowest BCUT2D eigenvalue weighted by atomic mass is 10.2. The van der Waals surface area contributed by atoms with Gasteiger partial charge in [0.1, 0.15) is 18.2 Å². The van der Waals surface area contributed by atoms with Crippen LogP contribution in [0, 0.1) is 0 Å². The number of carbonyl (C=O) groups excluding carboxylic acids is 1. The summed E-state index contributed by atoms with van der Waals surface area (Å²) in [4.78, 5) is 11.2. The van der Waals surface area contributed by atoms with Gasteiger partial charge in [0.2, 0.25) is 5.91 Å². The van der Waals surface area contributed by atoms with Gasteiger partial charge >= 0.3 is 0 Å². The fraction of sp³-hybridized carbons (Fsp3) is 0.133. The number of benzene rings is 2. The third-order valence-electron chi connectivity index (χ3n) is 2.59. The number of hydrogen-bond acceptors (Lipinski definition) is 2. The molecule has 0 unspecified atom stereocenters. The first-order valence-corrected chi connectivity index (χ1v) is 6.92. The van der Waals surface area contributed by atoms with Gasteiger partial charge in [-0.15, -0.1) is 11.6 Å². The second-order valence-electron chi connectivity index (χ2n) is 4.09. The quantitative estimate of drug-likeness (QED) is 0.845. The van der Waals surface area contributed by atoms with Crippen LogP contribution in [0.25, 0.3) is 0 Å². The zero-order valence-corrected chi connectivity index (χ0v) is 12.1. The van der Waals surface area contributed by atoms with Gasteiger partial charge in [0, 0.05) is 22.3 Å². The van der Waals surface area contributed by atoms with Crippen LogP contribution in [0.1, 0.15) is 5.56 Å². The lowest BCUT2D eigenvalue weighted by Crippen LogP contribution is -2.12. The van der Waals surface area contributed by atoms with Gasteiger partial charge in [0.15, 0.2) is 0 Å². The molecule has 0 fully saturated rings. The molecule has 2 aromatic carbocycles. The van der Waals surface area contributed by atoms with Crippen LogP contribution in [0.5, 0.6) is 5.75 Å². The van der Waals surface area contributed by atoms with E-state index in [1.54, 1.807) is 18.2 Å². The van der Waals surface area contributed by atoms with Crippen LogP contribution < -0.4 is 10.1 Å². The first kappa shape index (κ1) is 14.7. The van der Waals surface area contributed by atoms with E-state index >= 15 is 0 Å². The minimum atomic E-state index is -0.255. The maximum atomic E-state index is 11.2. The molecule has 20 heavy (non-hydrogen) atoms. The SMILES string of the molecule is O=C(CCl)Nc1cccc(OCc2ccccc2Cl)c1. The van der Waals surface area contributed by atoms with Crippen LogP contribution in [0.4, 0.5) is 5.69 Å². The molecule has 0 aliphatic rings. The number of hydrogen-bond donors (Lipinski definition) is 1. The normalized spacial score (nSPS) is 10.1. The Labute approximate surface area is 127 Å². The fourth-order valence-electron chi connectivity index (χ4n) is 1.63. The molecule has 0 atom stereocenters. The molecule has 1 amide bonds. The van der Waals surface area contributed by atoms with Crippen LogP contribution in [-0.2, 0) is 11.4 Å². The summed E-state index contributed by atoms with van der Waals surface area (Å²) in [5.74, 6) is 0.317. The predicted molar refractivity (Wildman–Crippen MR) is 81.6 cm³/mol. The van der Waals surface area contributed by atoms with E-state index in [0.717, 1.165) is 5.56 Å². The summed E-state index contributed by atoms with van der Waals surface area (Å²) >= 11 is 11.5. The molecule has 104 valence electrons. The van der Waals surface area contributed by atoms with Gasteiger partial charge < -0.3 is 10.1 Å². The van der Waals surface area contributed by atoms with Crippen LogP contribution in [0.15, 0.2) is 48.5 Å². The Hall–Kier alpha value is -1.71. The van der Waals surface area contributed by atoms with Gasteiger partial charge in [-0.25, -0.2) is 0 Å². The first-order chi connectivity index (χ1) is 9.69. The lowest BCUT2D eigenvalue weighted by molar-refractivity contribution is -0.113. The smallest absolute Gasteiger partial charge is 0.239 e. The minimum Gasteiger partial charge on any atom is -0.489 e. The van der Waals surface area contributed by atoms with E-state index in [1.165, 1.54) is 0 Å². The van der Waals surface area contributed by atoms with Crippen LogP contribution in [-0.4, -0.2) is 11.8 Å². The first-order valence-electron chi connectivity index (χ1n) is 6.01. The van der Waals surface area contributed by atoms with Gasteiger partial charge in [0.05, 0.1) is 0 Å². The number of carbonyl (C=O) groups is 1. The van der Waals surface area contributed by atoms with Crippen molar-refractivity contribution < 1.29 is 9.53 Å².